The SMILES string of the molecule is Nc1cc(Cl)c(NCCS(N)(=O)=O)c(Cl)c1. The van der Waals surface area contributed by atoms with Gasteiger partial charge in [0.1, 0.15) is 0 Å². The van der Waals surface area contributed by atoms with Gasteiger partial charge in [-0.25, -0.2) is 13.6 Å². The van der Waals surface area contributed by atoms with Crippen molar-refractivity contribution in [3.05, 3.63) is 22.2 Å². The molecule has 1 aromatic carbocycles. The number of nitrogens with two attached hydrogens (primary N) is 2. The standard InChI is InChI=1S/C8H11Cl2N3O2S/c9-6-3-5(11)4-7(10)8(6)13-1-2-16(12,14)15/h3-4,13H,1-2,11H2,(H2,12,14,15). The number of nitrogen functional groups attached to an aromatic ring is 1. The van der Waals surface area contributed by atoms with Crippen molar-refractivity contribution in [2.75, 3.05) is 23.3 Å². The van der Waals surface area contributed by atoms with E-state index in [1.54, 1.807) is 0 Å². The van der Waals surface area contributed by atoms with Crippen LogP contribution in [0.3, 0.4) is 0 Å². The number of hydrogen-bond donors (Lipinski definition) is 3. The summed E-state index contributed by atoms with van der Waals surface area (Å²) in [6.45, 7) is 0.127. The quantitative estimate of drug-likeness (QED) is 0.725. The first-order valence-electron chi connectivity index (χ1n) is 4.28. The maximum atomic E-state index is 10.7. The second kappa shape index (κ2) is 5.09. The minimum Gasteiger partial charge on any atom is -0.399 e. The van der Waals surface area contributed by atoms with Crippen LogP contribution >= 0.6 is 23.2 Å². The summed E-state index contributed by atoms with van der Waals surface area (Å²) in [7, 11) is -3.50. The van der Waals surface area contributed by atoms with Gasteiger partial charge in [-0.05, 0) is 12.1 Å². The first kappa shape index (κ1) is 13.4. The van der Waals surface area contributed by atoms with Crippen LogP contribution in [0.5, 0.6) is 0 Å². The smallest absolute Gasteiger partial charge is 0.210 e. The summed E-state index contributed by atoms with van der Waals surface area (Å²) in [5, 5.41) is 8.30. The largest absolute Gasteiger partial charge is 0.399 e. The summed E-state index contributed by atoms with van der Waals surface area (Å²) in [5.74, 6) is -0.204. The molecule has 0 aliphatic rings. The average Bonchev–Trinajstić information content (AvgIpc) is 2.07. The second-order valence-corrected chi connectivity index (χ2v) is 5.70. The van der Waals surface area contributed by atoms with E-state index >= 15 is 0 Å². The van der Waals surface area contributed by atoms with E-state index < -0.39 is 10.0 Å². The molecule has 0 aromatic heterocycles. The molecule has 5 nitrogen and oxygen atoms in total. The third-order valence-corrected chi connectivity index (χ3v) is 3.12. The van der Waals surface area contributed by atoms with E-state index in [9.17, 15) is 8.42 Å². The van der Waals surface area contributed by atoms with Crippen LogP contribution in [0, 0.1) is 0 Å². The molecule has 5 N–H and O–H groups in total. The molecular formula is C8H11Cl2N3O2S. The molecule has 0 spiro atoms. The van der Waals surface area contributed by atoms with Gasteiger partial charge in [0.25, 0.3) is 0 Å². The lowest BCUT2D eigenvalue weighted by Crippen LogP contribution is -2.22. The van der Waals surface area contributed by atoms with Crippen LogP contribution in [0.25, 0.3) is 0 Å². The van der Waals surface area contributed by atoms with Gasteiger partial charge in [0.15, 0.2) is 0 Å². The van der Waals surface area contributed by atoms with Crippen LogP contribution in [0.1, 0.15) is 0 Å². The number of rotatable bonds is 4. The van der Waals surface area contributed by atoms with Crippen molar-refractivity contribution in [2.45, 2.75) is 0 Å². The molecule has 0 atom stereocenters. The third kappa shape index (κ3) is 4.05. The van der Waals surface area contributed by atoms with Crippen molar-refractivity contribution in [1.29, 1.82) is 0 Å². The summed E-state index contributed by atoms with van der Waals surface area (Å²) in [5.41, 5.74) is 6.40. The second-order valence-electron chi connectivity index (χ2n) is 3.15. The Morgan fingerprint density at radius 3 is 2.19 bits per heavy atom. The monoisotopic (exact) mass is 283 g/mol. The molecule has 0 fully saturated rings. The van der Waals surface area contributed by atoms with Gasteiger partial charge in [-0.3, -0.25) is 0 Å². The lowest BCUT2D eigenvalue weighted by atomic mass is 10.3. The van der Waals surface area contributed by atoms with Crippen molar-refractivity contribution < 1.29 is 8.42 Å². The van der Waals surface area contributed by atoms with Crippen molar-refractivity contribution >= 4 is 44.6 Å². The van der Waals surface area contributed by atoms with Crippen molar-refractivity contribution in [2.24, 2.45) is 5.14 Å². The molecule has 90 valence electrons. The van der Waals surface area contributed by atoms with Gasteiger partial charge < -0.3 is 11.1 Å². The highest BCUT2D eigenvalue weighted by Gasteiger charge is 2.08. The average molecular weight is 284 g/mol. The Labute approximate surface area is 104 Å². The molecular weight excluding hydrogens is 273 g/mol. The van der Waals surface area contributed by atoms with Gasteiger partial charge in [0.2, 0.25) is 10.0 Å². The van der Waals surface area contributed by atoms with Gasteiger partial charge in [-0.15, -0.1) is 0 Å². The third-order valence-electron chi connectivity index (χ3n) is 1.75. The maximum Gasteiger partial charge on any atom is 0.210 e. The lowest BCUT2D eigenvalue weighted by Gasteiger charge is -2.10. The van der Waals surface area contributed by atoms with E-state index in [0.29, 0.717) is 21.4 Å². The zero-order valence-electron chi connectivity index (χ0n) is 8.20. The van der Waals surface area contributed by atoms with Crippen molar-refractivity contribution in [3.63, 3.8) is 0 Å². The van der Waals surface area contributed by atoms with E-state index in [1.807, 2.05) is 0 Å². The normalized spacial score (nSPS) is 11.4. The maximum absolute atomic E-state index is 10.7. The zero-order valence-corrected chi connectivity index (χ0v) is 10.5. The summed E-state index contributed by atoms with van der Waals surface area (Å²) in [6.07, 6.45) is 0. The molecule has 8 heteroatoms. The van der Waals surface area contributed by atoms with Crippen LogP contribution < -0.4 is 16.2 Å². The molecule has 1 aromatic rings. The fraction of sp³-hybridized carbons (Fsp3) is 0.250. The summed E-state index contributed by atoms with van der Waals surface area (Å²) in [6, 6.07) is 3.04. The summed E-state index contributed by atoms with van der Waals surface area (Å²) < 4.78 is 21.4. The first-order chi connectivity index (χ1) is 7.29. The van der Waals surface area contributed by atoms with Crippen LogP contribution in [0.4, 0.5) is 11.4 Å². The van der Waals surface area contributed by atoms with Gasteiger partial charge >= 0.3 is 0 Å². The molecule has 0 radical (unpaired) electrons. The van der Waals surface area contributed by atoms with Crippen LogP contribution in [-0.2, 0) is 10.0 Å². The number of hydrogen-bond acceptors (Lipinski definition) is 4. The molecule has 0 aliphatic heterocycles. The zero-order chi connectivity index (χ0) is 12.3. The fourth-order valence-corrected chi connectivity index (χ4v) is 2.10. The van der Waals surface area contributed by atoms with Gasteiger partial charge in [-0.1, -0.05) is 23.2 Å². The number of primary sulfonamides is 1. The van der Waals surface area contributed by atoms with E-state index in [4.69, 9.17) is 34.1 Å². The summed E-state index contributed by atoms with van der Waals surface area (Å²) >= 11 is 11.8. The van der Waals surface area contributed by atoms with E-state index in [2.05, 4.69) is 5.32 Å². The highest BCUT2D eigenvalue weighted by atomic mass is 35.5. The molecule has 0 saturated heterocycles. The number of nitrogens with one attached hydrogen (secondary N) is 1. The Bertz CT molecular complexity index is 467. The van der Waals surface area contributed by atoms with E-state index in [-0.39, 0.29) is 12.3 Å². The molecule has 0 bridgehead atoms. The van der Waals surface area contributed by atoms with E-state index in [1.165, 1.54) is 12.1 Å². The lowest BCUT2D eigenvalue weighted by molar-refractivity contribution is 0.598. The van der Waals surface area contributed by atoms with Gasteiger partial charge in [0, 0.05) is 12.2 Å². The van der Waals surface area contributed by atoms with Crippen molar-refractivity contribution in [3.8, 4) is 0 Å². The number of benzene rings is 1. The minimum absolute atomic E-state index is 0.127. The molecule has 0 saturated carbocycles. The number of anilines is 2. The number of sulfonamides is 1. The van der Waals surface area contributed by atoms with Crippen molar-refractivity contribution in [1.82, 2.24) is 0 Å². The Kier molecular flexibility index (Phi) is 4.26. The number of halogens is 2. The Morgan fingerprint density at radius 2 is 1.75 bits per heavy atom. The minimum atomic E-state index is -3.50. The molecule has 0 amide bonds. The van der Waals surface area contributed by atoms with Gasteiger partial charge in [0.05, 0.1) is 21.5 Å². The molecule has 0 unspecified atom stereocenters. The highest BCUT2D eigenvalue weighted by molar-refractivity contribution is 7.89. The first-order valence-corrected chi connectivity index (χ1v) is 6.75. The molecule has 0 heterocycles. The Balaban J connectivity index is 2.75. The van der Waals surface area contributed by atoms with E-state index in [0.717, 1.165) is 0 Å². The summed E-state index contributed by atoms with van der Waals surface area (Å²) in [4.78, 5) is 0. The molecule has 16 heavy (non-hydrogen) atoms. The van der Waals surface area contributed by atoms with Gasteiger partial charge in [-0.2, -0.15) is 0 Å². The van der Waals surface area contributed by atoms with Crippen LogP contribution in [0.15, 0.2) is 12.1 Å². The predicted molar refractivity (Wildman–Crippen MR) is 67.3 cm³/mol. The van der Waals surface area contributed by atoms with Crippen LogP contribution in [0.2, 0.25) is 10.0 Å². The molecule has 0 aliphatic carbocycles. The highest BCUT2D eigenvalue weighted by Crippen LogP contribution is 2.32. The Hall–Kier alpha value is -0.690. The fourth-order valence-electron chi connectivity index (χ4n) is 1.08. The predicted octanol–water partition coefficient (Wildman–Crippen LogP) is 1.28. The molecule has 1 rings (SSSR count). The topological polar surface area (TPSA) is 98.2 Å². The van der Waals surface area contributed by atoms with Crippen LogP contribution in [-0.4, -0.2) is 20.7 Å². The Morgan fingerprint density at radius 1 is 1.25 bits per heavy atom.